The van der Waals surface area contributed by atoms with E-state index in [2.05, 4.69) is 66.9 Å². The summed E-state index contributed by atoms with van der Waals surface area (Å²) in [7, 11) is 0. The van der Waals surface area contributed by atoms with Crippen molar-refractivity contribution in [3.8, 4) is 0 Å². The third-order valence-corrected chi connectivity index (χ3v) is 4.71. The minimum atomic E-state index is 0.169. The van der Waals surface area contributed by atoms with Gasteiger partial charge in [-0.2, -0.15) is 0 Å². The van der Waals surface area contributed by atoms with E-state index in [0.29, 0.717) is 0 Å². The third-order valence-electron chi connectivity index (χ3n) is 4.71. The molecule has 0 heterocycles. The van der Waals surface area contributed by atoms with Crippen molar-refractivity contribution in [3.63, 3.8) is 0 Å². The van der Waals surface area contributed by atoms with Gasteiger partial charge in [0.25, 0.3) is 0 Å². The molecule has 1 atom stereocenters. The molecule has 1 unspecified atom stereocenters. The number of nitrogens with one attached hydrogen (secondary N) is 1. The lowest BCUT2D eigenvalue weighted by molar-refractivity contribution is 0.439. The maximum Gasteiger partial charge on any atom is 0.0556 e. The molecule has 2 nitrogen and oxygen atoms in total. The van der Waals surface area contributed by atoms with Crippen LogP contribution in [-0.2, 0) is 11.8 Å². The van der Waals surface area contributed by atoms with Crippen molar-refractivity contribution in [3.05, 3.63) is 71.3 Å². The summed E-state index contributed by atoms with van der Waals surface area (Å²) in [4.78, 5) is 0. The van der Waals surface area contributed by atoms with Crippen LogP contribution in [0.1, 0.15) is 48.9 Å². The van der Waals surface area contributed by atoms with Crippen molar-refractivity contribution < 1.29 is 0 Å². The summed E-state index contributed by atoms with van der Waals surface area (Å²) in [6.07, 6.45) is 4.72. The molecule has 3 rings (SSSR count). The summed E-state index contributed by atoms with van der Waals surface area (Å²) < 4.78 is 0. The Kier molecular flexibility index (Phi) is 4.09. The van der Waals surface area contributed by atoms with E-state index in [1.54, 1.807) is 0 Å². The van der Waals surface area contributed by atoms with Gasteiger partial charge >= 0.3 is 0 Å². The van der Waals surface area contributed by atoms with E-state index in [1.165, 1.54) is 36.0 Å². The van der Waals surface area contributed by atoms with Gasteiger partial charge < -0.3 is 0 Å². The first kappa shape index (κ1) is 14.3. The second-order valence-corrected chi connectivity index (χ2v) is 6.11. The Morgan fingerprint density at radius 2 is 1.71 bits per heavy atom. The van der Waals surface area contributed by atoms with Crippen molar-refractivity contribution in [1.82, 2.24) is 5.43 Å². The van der Waals surface area contributed by atoms with Crippen LogP contribution in [0.25, 0.3) is 0 Å². The molecular weight excluding hydrogens is 256 g/mol. The Morgan fingerprint density at radius 3 is 2.24 bits per heavy atom. The van der Waals surface area contributed by atoms with Crippen LogP contribution in [0.2, 0.25) is 0 Å². The molecule has 1 fully saturated rings. The molecule has 0 saturated heterocycles. The first-order valence-corrected chi connectivity index (χ1v) is 7.90. The summed E-state index contributed by atoms with van der Waals surface area (Å²) in [5.74, 6) is 5.91. The number of hydrogen-bond donors (Lipinski definition) is 2. The summed E-state index contributed by atoms with van der Waals surface area (Å²) in [5, 5.41) is 0. The minimum Gasteiger partial charge on any atom is -0.271 e. The van der Waals surface area contributed by atoms with Gasteiger partial charge in [0.1, 0.15) is 0 Å². The molecule has 2 heteroatoms. The van der Waals surface area contributed by atoms with E-state index in [0.717, 1.165) is 6.42 Å². The van der Waals surface area contributed by atoms with Crippen molar-refractivity contribution >= 4 is 0 Å². The van der Waals surface area contributed by atoms with Gasteiger partial charge in [0.2, 0.25) is 0 Å². The van der Waals surface area contributed by atoms with Crippen molar-refractivity contribution in [2.45, 2.75) is 44.1 Å². The lowest BCUT2D eigenvalue weighted by Crippen LogP contribution is -2.36. The standard InChI is InChI=1S/C19H24N2/c1-2-6-15-9-11-16(12-10-15)18(21-20)19(13-14-19)17-7-4-3-5-8-17/h3-5,7-12,18,21H,2,6,13-14,20H2,1H3. The van der Waals surface area contributed by atoms with Crippen LogP contribution in [-0.4, -0.2) is 0 Å². The number of rotatable bonds is 6. The Bertz CT molecular complexity index is 570. The van der Waals surface area contributed by atoms with E-state index in [-0.39, 0.29) is 11.5 Å². The fraction of sp³-hybridized carbons (Fsp3) is 0.368. The second kappa shape index (κ2) is 6.00. The first-order chi connectivity index (χ1) is 10.3. The number of nitrogens with two attached hydrogens (primary N) is 1. The Morgan fingerprint density at radius 1 is 1.05 bits per heavy atom. The van der Waals surface area contributed by atoms with Gasteiger partial charge in [0, 0.05) is 5.41 Å². The second-order valence-electron chi connectivity index (χ2n) is 6.11. The first-order valence-electron chi connectivity index (χ1n) is 7.90. The van der Waals surface area contributed by atoms with Gasteiger partial charge in [-0.25, -0.2) is 0 Å². The highest BCUT2D eigenvalue weighted by atomic mass is 15.2. The average molecular weight is 280 g/mol. The Balaban J connectivity index is 1.88. The predicted octanol–water partition coefficient (Wildman–Crippen LogP) is 3.88. The zero-order valence-electron chi connectivity index (χ0n) is 12.7. The molecule has 21 heavy (non-hydrogen) atoms. The summed E-state index contributed by atoms with van der Waals surface area (Å²) in [5.41, 5.74) is 7.33. The highest BCUT2D eigenvalue weighted by Crippen LogP contribution is 2.56. The molecule has 0 bridgehead atoms. The molecule has 0 radical (unpaired) electrons. The molecule has 2 aromatic rings. The van der Waals surface area contributed by atoms with Gasteiger partial charge in [-0.05, 0) is 36.0 Å². The molecule has 0 amide bonds. The Hall–Kier alpha value is -1.64. The van der Waals surface area contributed by atoms with E-state index < -0.39 is 0 Å². The van der Waals surface area contributed by atoms with Crippen LogP contribution < -0.4 is 11.3 Å². The lowest BCUT2D eigenvalue weighted by Gasteiger charge is -2.27. The molecule has 0 aromatic heterocycles. The van der Waals surface area contributed by atoms with Gasteiger partial charge in [-0.1, -0.05) is 67.9 Å². The molecule has 2 aromatic carbocycles. The molecule has 110 valence electrons. The maximum absolute atomic E-state index is 5.91. The maximum atomic E-state index is 5.91. The number of hydrogen-bond acceptors (Lipinski definition) is 2. The molecule has 1 saturated carbocycles. The minimum absolute atomic E-state index is 0.169. The van der Waals surface area contributed by atoms with Gasteiger partial charge in [0.05, 0.1) is 6.04 Å². The molecule has 0 spiro atoms. The van der Waals surface area contributed by atoms with Gasteiger partial charge in [0.15, 0.2) is 0 Å². The highest BCUT2D eigenvalue weighted by Gasteiger charge is 2.50. The van der Waals surface area contributed by atoms with Crippen LogP contribution in [0.3, 0.4) is 0 Å². The SMILES string of the molecule is CCCc1ccc(C(NN)C2(c3ccccc3)CC2)cc1. The van der Waals surface area contributed by atoms with Crippen LogP contribution >= 0.6 is 0 Å². The average Bonchev–Trinajstić information content (AvgIpc) is 3.33. The van der Waals surface area contributed by atoms with Crippen LogP contribution in [0.4, 0.5) is 0 Å². The molecule has 0 aliphatic heterocycles. The number of benzene rings is 2. The molecule has 1 aliphatic rings. The number of aryl methyl sites for hydroxylation is 1. The monoisotopic (exact) mass is 280 g/mol. The van der Waals surface area contributed by atoms with E-state index in [9.17, 15) is 0 Å². The van der Waals surface area contributed by atoms with Crippen molar-refractivity contribution in [1.29, 1.82) is 0 Å². The van der Waals surface area contributed by atoms with E-state index >= 15 is 0 Å². The molecule has 3 N–H and O–H groups in total. The van der Waals surface area contributed by atoms with E-state index in [1.807, 2.05) is 0 Å². The number of hydrazine groups is 1. The quantitative estimate of drug-likeness (QED) is 0.622. The zero-order chi connectivity index (χ0) is 14.7. The van der Waals surface area contributed by atoms with Gasteiger partial charge in [-0.3, -0.25) is 11.3 Å². The lowest BCUT2D eigenvalue weighted by atomic mass is 9.84. The fourth-order valence-electron chi connectivity index (χ4n) is 3.39. The summed E-state index contributed by atoms with van der Waals surface area (Å²) in [6.45, 7) is 2.22. The van der Waals surface area contributed by atoms with Crippen molar-refractivity contribution in [2.24, 2.45) is 5.84 Å². The third kappa shape index (κ3) is 2.74. The smallest absolute Gasteiger partial charge is 0.0556 e. The van der Waals surface area contributed by atoms with E-state index in [4.69, 9.17) is 5.84 Å². The summed E-state index contributed by atoms with van der Waals surface area (Å²) >= 11 is 0. The normalized spacial score (nSPS) is 17.4. The summed E-state index contributed by atoms with van der Waals surface area (Å²) in [6, 6.07) is 19.9. The van der Waals surface area contributed by atoms with Crippen LogP contribution in [0, 0.1) is 0 Å². The molecule has 1 aliphatic carbocycles. The van der Waals surface area contributed by atoms with Crippen LogP contribution in [0.15, 0.2) is 54.6 Å². The predicted molar refractivity (Wildman–Crippen MR) is 87.9 cm³/mol. The fourth-order valence-corrected chi connectivity index (χ4v) is 3.39. The zero-order valence-corrected chi connectivity index (χ0v) is 12.7. The Labute approximate surface area is 127 Å². The highest BCUT2D eigenvalue weighted by molar-refractivity contribution is 5.39. The van der Waals surface area contributed by atoms with Crippen molar-refractivity contribution in [2.75, 3.05) is 0 Å². The molecular formula is C19H24N2. The van der Waals surface area contributed by atoms with Crippen LogP contribution in [0.5, 0.6) is 0 Å². The van der Waals surface area contributed by atoms with Gasteiger partial charge in [-0.15, -0.1) is 0 Å². The largest absolute Gasteiger partial charge is 0.271 e. The topological polar surface area (TPSA) is 38.0 Å².